The topological polar surface area (TPSA) is 104 Å². The Morgan fingerprint density at radius 3 is 1.87 bits per heavy atom. The number of benzene rings is 2. The second kappa shape index (κ2) is 12.4. The van der Waals surface area contributed by atoms with Crippen LogP contribution in [-0.4, -0.2) is 49.3 Å². The number of hydrogen-bond donors (Lipinski definition) is 1. The maximum atomic E-state index is 13.2. The molecule has 0 aliphatic carbocycles. The number of methoxy groups -OCH3 is 3. The van der Waals surface area contributed by atoms with Crippen molar-refractivity contribution in [3.8, 4) is 23.0 Å². The molecule has 0 amide bonds. The first-order chi connectivity index (χ1) is 18.1. The number of aromatic nitrogens is 1. The van der Waals surface area contributed by atoms with Gasteiger partial charge in [0.05, 0.1) is 27.2 Å². The largest absolute Gasteiger partial charge is 0.503 e. The molecule has 3 aromatic rings. The highest BCUT2D eigenvalue weighted by Crippen LogP contribution is 2.39. The summed E-state index contributed by atoms with van der Waals surface area (Å²) in [5.74, 6) is -0.853. The first kappa shape index (κ1) is 28.5. The van der Waals surface area contributed by atoms with Crippen LogP contribution in [-0.2, 0) is 9.53 Å². The third-order valence-corrected chi connectivity index (χ3v) is 6.80. The van der Waals surface area contributed by atoms with Gasteiger partial charge >= 0.3 is 5.97 Å². The highest BCUT2D eigenvalue weighted by atomic mass is 16.5. The number of hydrogen-bond acceptors (Lipinski definition) is 8. The van der Waals surface area contributed by atoms with E-state index in [9.17, 15) is 14.7 Å². The summed E-state index contributed by atoms with van der Waals surface area (Å²) in [6.07, 6.45) is 0.606. The van der Waals surface area contributed by atoms with E-state index in [1.54, 1.807) is 21.1 Å². The fourth-order valence-electron chi connectivity index (χ4n) is 4.68. The summed E-state index contributed by atoms with van der Waals surface area (Å²) in [4.78, 5) is 30.0. The van der Waals surface area contributed by atoms with Crippen molar-refractivity contribution in [2.75, 3.05) is 21.3 Å². The molecule has 202 valence electrons. The van der Waals surface area contributed by atoms with Gasteiger partial charge in [-0.25, -0.2) is 4.98 Å². The van der Waals surface area contributed by atoms with Gasteiger partial charge in [-0.1, -0.05) is 31.2 Å². The van der Waals surface area contributed by atoms with Crippen molar-refractivity contribution < 1.29 is 33.6 Å². The van der Waals surface area contributed by atoms with Crippen molar-refractivity contribution in [3.05, 3.63) is 76.6 Å². The molecule has 38 heavy (non-hydrogen) atoms. The summed E-state index contributed by atoms with van der Waals surface area (Å²) in [5, 5.41) is 10.3. The lowest BCUT2D eigenvalue weighted by Crippen LogP contribution is -2.28. The smallest absolute Gasteiger partial charge is 0.309 e. The van der Waals surface area contributed by atoms with Crippen LogP contribution in [0, 0.1) is 19.8 Å². The van der Waals surface area contributed by atoms with Crippen LogP contribution in [0.4, 0.5) is 0 Å². The van der Waals surface area contributed by atoms with Gasteiger partial charge in [0, 0.05) is 24.6 Å². The maximum Gasteiger partial charge on any atom is 0.309 e. The summed E-state index contributed by atoms with van der Waals surface area (Å²) in [6, 6.07) is 13.0. The molecule has 1 N–H and O–H groups in total. The average Bonchev–Trinajstić information content (AvgIpc) is 2.90. The molecule has 1 unspecified atom stereocenters. The van der Waals surface area contributed by atoms with E-state index in [0.29, 0.717) is 0 Å². The number of esters is 1. The van der Waals surface area contributed by atoms with Crippen LogP contribution >= 0.6 is 0 Å². The van der Waals surface area contributed by atoms with Crippen molar-refractivity contribution in [2.24, 2.45) is 5.92 Å². The summed E-state index contributed by atoms with van der Waals surface area (Å²) in [7, 11) is 4.62. The lowest BCUT2D eigenvalue weighted by molar-refractivity contribution is -0.153. The second-order valence-corrected chi connectivity index (χ2v) is 9.21. The van der Waals surface area contributed by atoms with Gasteiger partial charge in [0.1, 0.15) is 17.6 Å². The Balaban J connectivity index is 1.90. The Morgan fingerprint density at radius 1 is 0.842 bits per heavy atom. The Hall–Kier alpha value is -4.07. The SMILES string of the molecule is COc1cccc(C(c2cccc(OC)c2C)C(C)OC(=O)[C@H](C)CC(=O)c2nccc(OC)c2O)c1C. The number of ketones is 1. The lowest BCUT2D eigenvalue weighted by Gasteiger charge is -2.29. The van der Waals surface area contributed by atoms with Gasteiger partial charge < -0.3 is 24.1 Å². The van der Waals surface area contributed by atoms with Crippen molar-refractivity contribution >= 4 is 11.8 Å². The average molecular weight is 522 g/mol. The molecule has 0 bridgehead atoms. The molecule has 8 heteroatoms. The molecule has 0 saturated heterocycles. The molecule has 0 spiro atoms. The number of carbonyl (C=O) groups excluding carboxylic acids is 2. The predicted octanol–water partition coefficient (Wildman–Crippen LogP) is 5.40. The van der Waals surface area contributed by atoms with Gasteiger partial charge in [0.25, 0.3) is 0 Å². The van der Waals surface area contributed by atoms with Crippen molar-refractivity contribution in [1.82, 2.24) is 4.98 Å². The van der Waals surface area contributed by atoms with Crippen LogP contribution in [0.15, 0.2) is 48.7 Å². The van der Waals surface area contributed by atoms with E-state index < -0.39 is 23.8 Å². The summed E-state index contributed by atoms with van der Waals surface area (Å²) >= 11 is 0. The first-order valence-corrected chi connectivity index (χ1v) is 12.4. The van der Waals surface area contributed by atoms with Crippen LogP contribution < -0.4 is 14.2 Å². The number of nitrogens with zero attached hydrogens (tertiary/aromatic N) is 1. The summed E-state index contributed by atoms with van der Waals surface area (Å²) in [6.45, 7) is 7.40. The zero-order valence-corrected chi connectivity index (χ0v) is 22.9. The number of ether oxygens (including phenoxy) is 4. The van der Waals surface area contributed by atoms with Crippen LogP contribution in [0.5, 0.6) is 23.0 Å². The fraction of sp³-hybridized carbons (Fsp3) is 0.367. The number of Topliss-reactive ketones (excluding diaryl/α,β-unsaturated/α-hetero) is 1. The number of aromatic hydroxyl groups is 1. The monoisotopic (exact) mass is 521 g/mol. The molecule has 0 radical (unpaired) electrons. The van der Waals surface area contributed by atoms with Crippen LogP contribution in [0.1, 0.15) is 58.9 Å². The number of rotatable bonds is 11. The van der Waals surface area contributed by atoms with E-state index in [2.05, 4.69) is 4.98 Å². The summed E-state index contributed by atoms with van der Waals surface area (Å²) < 4.78 is 22.1. The lowest BCUT2D eigenvalue weighted by atomic mass is 9.82. The molecule has 1 aromatic heterocycles. The van der Waals surface area contributed by atoms with E-state index >= 15 is 0 Å². The van der Waals surface area contributed by atoms with Gasteiger partial charge in [0.2, 0.25) is 0 Å². The number of pyridine rings is 1. The molecule has 0 aliphatic heterocycles. The molecule has 0 fully saturated rings. The molecule has 2 aromatic carbocycles. The Kier molecular flexibility index (Phi) is 9.34. The van der Waals surface area contributed by atoms with Crippen LogP contribution in [0.2, 0.25) is 0 Å². The Morgan fingerprint density at radius 2 is 1.37 bits per heavy atom. The molecule has 3 rings (SSSR count). The van der Waals surface area contributed by atoms with E-state index in [0.717, 1.165) is 33.8 Å². The highest BCUT2D eigenvalue weighted by Gasteiger charge is 2.31. The molecule has 1 heterocycles. The van der Waals surface area contributed by atoms with Gasteiger partial charge in [-0.3, -0.25) is 9.59 Å². The van der Waals surface area contributed by atoms with Crippen molar-refractivity contribution in [3.63, 3.8) is 0 Å². The van der Waals surface area contributed by atoms with Crippen molar-refractivity contribution in [2.45, 2.75) is 46.1 Å². The summed E-state index contributed by atoms with van der Waals surface area (Å²) in [5.41, 5.74) is 3.64. The quantitative estimate of drug-likeness (QED) is 0.264. The molecule has 0 saturated carbocycles. The second-order valence-electron chi connectivity index (χ2n) is 9.21. The maximum absolute atomic E-state index is 13.2. The fourth-order valence-corrected chi connectivity index (χ4v) is 4.68. The van der Waals surface area contributed by atoms with Gasteiger partial charge in [-0.2, -0.15) is 0 Å². The van der Waals surface area contributed by atoms with E-state index in [1.807, 2.05) is 57.2 Å². The molecular formula is C30H35NO7. The zero-order valence-electron chi connectivity index (χ0n) is 22.9. The van der Waals surface area contributed by atoms with E-state index in [1.165, 1.54) is 19.4 Å². The zero-order chi connectivity index (χ0) is 28.0. The van der Waals surface area contributed by atoms with E-state index in [4.69, 9.17) is 18.9 Å². The van der Waals surface area contributed by atoms with E-state index in [-0.39, 0.29) is 29.5 Å². The molecule has 8 nitrogen and oxygen atoms in total. The Bertz CT molecular complexity index is 1250. The van der Waals surface area contributed by atoms with Gasteiger partial charge in [-0.15, -0.1) is 0 Å². The normalized spacial score (nSPS) is 12.5. The molecule has 0 aliphatic rings. The minimum absolute atomic E-state index is 0.136. The molecular weight excluding hydrogens is 486 g/mol. The van der Waals surface area contributed by atoms with Crippen LogP contribution in [0.3, 0.4) is 0 Å². The third-order valence-electron chi connectivity index (χ3n) is 6.80. The third kappa shape index (κ3) is 5.90. The van der Waals surface area contributed by atoms with Crippen LogP contribution in [0.25, 0.3) is 0 Å². The Labute approximate surface area is 223 Å². The first-order valence-electron chi connectivity index (χ1n) is 12.4. The predicted molar refractivity (Wildman–Crippen MR) is 143 cm³/mol. The minimum atomic E-state index is -0.768. The van der Waals surface area contributed by atoms with Crippen molar-refractivity contribution in [1.29, 1.82) is 0 Å². The number of carbonyl (C=O) groups is 2. The van der Waals surface area contributed by atoms with Gasteiger partial charge in [-0.05, 0) is 55.2 Å². The highest BCUT2D eigenvalue weighted by molar-refractivity contribution is 5.99. The minimum Gasteiger partial charge on any atom is -0.503 e. The van der Waals surface area contributed by atoms with Gasteiger partial charge in [0.15, 0.2) is 23.0 Å². The molecule has 2 atom stereocenters. The standard InChI is InChI=1S/C30H35NO7/c1-17(16-23(32)28-29(33)26(37-7)14-15-31-28)30(34)38-20(4)27(21-10-8-12-24(35-5)18(21)2)22-11-9-13-25(36-6)19(22)3/h8-15,17,20,27,33H,16H2,1-7H3/t17-,20?/m1/s1.